The van der Waals surface area contributed by atoms with Crippen molar-refractivity contribution < 1.29 is 25.8 Å². The summed E-state index contributed by atoms with van der Waals surface area (Å²) in [5.41, 5.74) is 6.98. The van der Waals surface area contributed by atoms with E-state index in [-0.39, 0.29) is 37.3 Å². The van der Waals surface area contributed by atoms with E-state index in [1.807, 2.05) is 41.9 Å². The molecule has 1 aliphatic heterocycles. The first kappa shape index (κ1) is 34.3. The maximum absolute atomic E-state index is 6.69. The molecule has 0 spiro atoms. The van der Waals surface area contributed by atoms with Crippen LogP contribution in [0, 0.1) is 18.8 Å². The largest absolute Gasteiger partial charge is 0.510 e. The summed E-state index contributed by atoms with van der Waals surface area (Å²) < 4.78 is 8.60. The monoisotopic (exact) mass is 802 g/mol. The Balaban J connectivity index is 0.00000433. The summed E-state index contributed by atoms with van der Waals surface area (Å²) in [5.74, 6) is 1.25. The number of ether oxygens (including phenoxy) is 1. The number of anilines is 1. The zero-order chi connectivity index (χ0) is 32.7. The van der Waals surface area contributed by atoms with Gasteiger partial charge in [-0.2, -0.15) is 11.8 Å². The molecule has 5 aromatic rings. The summed E-state index contributed by atoms with van der Waals surface area (Å²) in [4.78, 5) is 4.08. The molecule has 246 valence electrons. The van der Waals surface area contributed by atoms with E-state index in [9.17, 15) is 0 Å². The third-order valence-electron chi connectivity index (χ3n) is 9.06. The average molecular weight is 803 g/mol. The number of benzene rings is 4. The molecule has 0 aliphatic carbocycles. The Bertz CT molecular complexity index is 1850. The molecule has 0 unspecified atom stereocenters. The van der Waals surface area contributed by atoms with Gasteiger partial charge >= 0.3 is 0 Å². The normalized spacial score (nSPS) is 13.5. The Morgan fingerprint density at radius 3 is 1.72 bits per heavy atom. The number of hydrogen-bond acceptors (Lipinski definition) is 4. The Morgan fingerprint density at radius 1 is 0.638 bits per heavy atom. The minimum atomic E-state index is -0.301. The molecule has 1 aromatic heterocycles. The fourth-order valence-corrected chi connectivity index (χ4v) is 5.75. The summed E-state index contributed by atoms with van der Waals surface area (Å²) in [6.45, 7) is 17.6. The van der Waals surface area contributed by atoms with E-state index >= 15 is 0 Å². The molecular formula is C41H43N4OPt-3. The van der Waals surface area contributed by atoms with E-state index in [1.165, 1.54) is 11.1 Å². The summed E-state index contributed by atoms with van der Waals surface area (Å²) in [6, 6.07) is 36.7. The van der Waals surface area contributed by atoms with Crippen LogP contribution in [-0.2, 0) is 37.3 Å². The number of aromatic nitrogens is 2. The molecule has 47 heavy (non-hydrogen) atoms. The molecule has 5 nitrogen and oxygen atoms in total. The quantitative estimate of drug-likeness (QED) is 0.147. The van der Waals surface area contributed by atoms with Gasteiger partial charge in [-0.05, 0) is 47.1 Å². The van der Waals surface area contributed by atoms with Crippen LogP contribution in [-0.4, -0.2) is 21.7 Å². The van der Waals surface area contributed by atoms with Crippen LogP contribution < -0.4 is 9.64 Å². The molecule has 0 saturated heterocycles. The van der Waals surface area contributed by atoms with E-state index in [4.69, 9.17) is 9.84 Å². The van der Waals surface area contributed by atoms with Crippen LogP contribution in [0.1, 0.15) is 76.3 Å². The maximum Gasteiger partial charge on any atom is 0.0534 e. The van der Waals surface area contributed by atoms with Gasteiger partial charge in [0, 0.05) is 49.7 Å². The molecule has 0 atom stereocenters. The summed E-state index contributed by atoms with van der Waals surface area (Å²) in [7, 11) is 2.01. The zero-order valence-corrected chi connectivity index (χ0v) is 30.8. The van der Waals surface area contributed by atoms with Crippen molar-refractivity contribution in [1.29, 1.82) is 0 Å². The Morgan fingerprint density at radius 2 is 1.17 bits per heavy atom. The molecule has 6 rings (SSSR count). The van der Waals surface area contributed by atoms with Gasteiger partial charge in [-0.3, -0.25) is 4.68 Å². The summed E-state index contributed by atoms with van der Waals surface area (Å²) in [6.07, 6.45) is 8.12. The van der Waals surface area contributed by atoms with Gasteiger partial charge in [0.25, 0.3) is 0 Å². The van der Waals surface area contributed by atoms with Gasteiger partial charge in [0.1, 0.15) is 0 Å². The predicted molar refractivity (Wildman–Crippen MR) is 187 cm³/mol. The second-order valence-electron chi connectivity index (χ2n) is 14.2. The number of nitrogens with zero attached hydrogens (tertiary/aromatic N) is 4. The molecular weight excluding hydrogens is 760 g/mol. The van der Waals surface area contributed by atoms with E-state index in [0.717, 1.165) is 28.1 Å². The van der Waals surface area contributed by atoms with Gasteiger partial charge in [0.05, 0.1) is 6.20 Å². The van der Waals surface area contributed by atoms with Crippen LogP contribution in [0.5, 0.6) is 11.5 Å². The molecule has 0 radical (unpaired) electrons. The zero-order valence-electron chi connectivity index (χ0n) is 28.5. The van der Waals surface area contributed by atoms with Crippen molar-refractivity contribution in [2.75, 3.05) is 11.9 Å². The van der Waals surface area contributed by atoms with Crippen LogP contribution in [0.3, 0.4) is 0 Å². The summed E-state index contributed by atoms with van der Waals surface area (Å²) in [5, 5.41) is 4.84. The second-order valence-corrected chi connectivity index (χ2v) is 14.2. The fourth-order valence-electron chi connectivity index (χ4n) is 5.75. The number of hydrogen-bond donors (Lipinski definition) is 0. The Kier molecular flexibility index (Phi) is 9.62. The van der Waals surface area contributed by atoms with E-state index in [0.29, 0.717) is 11.5 Å². The molecule has 6 heteroatoms. The first-order valence-electron chi connectivity index (χ1n) is 15.8. The van der Waals surface area contributed by atoms with E-state index in [2.05, 4.69) is 157 Å². The van der Waals surface area contributed by atoms with Crippen molar-refractivity contribution in [1.82, 2.24) is 14.7 Å². The van der Waals surface area contributed by atoms with Crippen molar-refractivity contribution in [2.24, 2.45) is 0 Å². The first-order chi connectivity index (χ1) is 21.8. The Hall–Kier alpha value is -4.08. The minimum absolute atomic E-state index is 0. The van der Waals surface area contributed by atoms with Crippen molar-refractivity contribution in [3.63, 3.8) is 0 Å². The molecule has 0 N–H and O–H groups in total. The molecule has 0 amide bonds. The molecule has 1 aliphatic rings. The molecule has 2 heterocycles. The summed E-state index contributed by atoms with van der Waals surface area (Å²) >= 11 is 0. The van der Waals surface area contributed by atoms with Gasteiger partial charge < -0.3 is 14.5 Å². The Labute approximate surface area is 295 Å². The predicted octanol–water partition coefficient (Wildman–Crippen LogP) is 9.55. The minimum Gasteiger partial charge on any atom is -0.510 e. The topological polar surface area (TPSA) is 33.5 Å². The first-order valence-corrected chi connectivity index (χ1v) is 15.8. The van der Waals surface area contributed by atoms with E-state index in [1.54, 1.807) is 0 Å². The SMILES string of the molecule is CN1C=CN(c2[c-]c(Oc3[c-]c(-n4cc(C(C)(C)c5ccccc5)cn4)cc(C(C)(C)c4ccccc4)c3)cc(C(C)(C)C)c2)[CH-]1.[Pt]. The van der Waals surface area contributed by atoms with E-state index < -0.39 is 0 Å². The second kappa shape index (κ2) is 13.2. The molecule has 0 fully saturated rings. The molecule has 0 saturated carbocycles. The third-order valence-corrected chi connectivity index (χ3v) is 9.06. The van der Waals surface area contributed by atoms with Crippen LogP contribution in [0.4, 0.5) is 5.69 Å². The standard InChI is InChI=1S/C41H43N4O.Pt/c1-39(2,3)32-21-35(44-20-19-43(8)29-44)25-37(23-32)46-38-24-33(40(4,5)30-15-11-9-12-16-30)22-36(26-38)45-28-34(27-42-45)41(6,7)31-17-13-10-14-18-31;/h9-24,27-29H,1-8H3;/q-3;. The van der Waals surface area contributed by atoms with Crippen LogP contribution in [0.25, 0.3) is 5.69 Å². The third kappa shape index (κ3) is 7.26. The van der Waals surface area contributed by atoms with Crippen molar-refractivity contribution in [3.8, 4) is 17.2 Å². The van der Waals surface area contributed by atoms with Crippen molar-refractivity contribution in [2.45, 2.75) is 64.7 Å². The fraction of sp³-hybridized carbons (Fsp3) is 0.268. The van der Waals surface area contributed by atoms with Gasteiger partial charge in [0.15, 0.2) is 0 Å². The van der Waals surface area contributed by atoms with Gasteiger partial charge in [0.2, 0.25) is 0 Å². The average Bonchev–Trinajstić information content (AvgIpc) is 3.72. The van der Waals surface area contributed by atoms with Gasteiger partial charge in [-0.1, -0.05) is 109 Å². The van der Waals surface area contributed by atoms with Crippen LogP contribution >= 0.6 is 0 Å². The van der Waals surface area contributed by atoms with Crippen LogP contribution in [0.2, 0.25) is 0 Å². The number of rotatable bonds is 8. The van der Waals surface area contributed by atoms with Gasteiger partial charge in [-0.25, -0.2) is 0 Å². The molecule has 0 bridgehead atoms. The smallest absolute Gasteiger partial charge is 0.0534 e. The van der Waals surface area contributed by atoms with Crippen molar-refractivity contribution in [3.05, 3.63) is 156 Å². The maximum atomic E-state index is 6.69. The van der Waals surface area contributed by atoms with Crippen molar-refractivity contribution >= 4 is 5.69 Å². The van der Waals surface area contributed by atoms with Gasteiger partial charge in [-0.15, -0.1) is 53.2 Å². The van der Waals surface area contributed by atoms with Crippen LogP contribution in [0.15, 0.2) is 110 Å². The molecule has 4 aromatic carbocycles.